The van der Waals surface area contributed by atoms with Gasteiger partial charge in [-0.15, -0.1) is 0 Å². The van der Waals surface area contributed by atoms with Gasteiger partial charge in [0.25, 0.3) is 6.01 Å². The molecule has 1 aromatic carbocycles. The number of aliphatic hydroxyl groups is 1. The molecular formula is C15H22N4O3. The fraction of sp³-hybridized carbons (Fsp3) is 0.467. The van der Waals surface area contributed by atoms with Crippen molar-refractivity contribution < 1.29 is 14.3 Å². The summed E-state index contributed by atoms with van der Waals surface area (Å²) in [7, 11) is 5.39. The Labute approximate surface area is 129 Å². The lowest BCUT2D eigenvalue weighted by atomic mass is 10.3. The van der Waals surface area contributed by atoms with Gasteiger partial charge in [-0.2, -0.15) is 4.98 Å². The maximum atomic E-state index is 12.1. The molecule has 120 valence electrons. The predicted octanol–water partition coefficient (Wildman–Crippen LogP) is 2.13. The van der Waals surface area contributed by atoms with Crippen LogP contribution in [0.4, 0.5) is 16.5 Å². The number of hydrogen-bond donors (Lipinski definition) is 2. The van der Waals surface area contributed by atoms with E-state index in [1.807, 2.05) is 14.1 Å². The second-order valence-corrected chi connectivity index (χ2v) is 5.56. The van der Waals surface area contributed by atoms with Crippen molar-refractivity contribution in [3.63, 3.8) is 0 Å². The number of benzene rings is 1. The first kappa shape index (κ1) is 16.1. The van der Waals surface area contributed by atoms with E-state index >= 15 is 0 Å². The summed E-state index contributed by atoms with van der Waals surface area (Å²) in [5, 5.41) is 12.1. The highest BCUT2D eigenvalue weighted by atomic mass is 16.4. The molecule has 7 heteroatoms. The number of carbonyl (C=O) groups is 1. The summed E-state index contributed by atoms with van der Waals surface area (Å²) in [6, 6.07) is 5.62. The van der Waals surface area contributed by atoms with Crippen LogP contribution in [-0.2, 0) is 0 Å². The van der Waals surface area contributed by atoms with Gasteiger partial charge in [0.2, 0.25) is 0 Å². The lowest BCUT2D eigenvalue weighted by Crippen LogP contribution is -2.33. The molecule has 22 heavy (non-hydrogen) atoms. The number of hydrogen-bond acceptors (Lipinski definition) is 5. The molecule has 0 aliphatic heterocycles. The van der Waals surface area contributed by atoms with E-state index < -0.39 is 6.10 Å². The number of urea groups is 1. The second kappa shape index (κ2) is 6.65. The van der Waals surface area contributed by atoms with E-state index in [0.29, 0.717) is 35.8 Å². The molecule has 0 aliphatic carbocycles. The summed E-state index contributed by atoms with van der Waals surface area (Å²) in [6.07, 6.45) is 0.115. The average Bonchev–Trinajstić information content (AvgIpc) is 2.88. The van der Waals surface area contributed by atoms with Gasteiger partial charge in [0, 0.05) is 33.4 Å². The van der Waals surface area contributed by atoms with Crippen molar-refractivity contribution in [2.45, 2.75) is 19.4 Å². The zero-order chi connectivity index (χ0) is 16.3. The third-order valence-electron chi connectivity index (χ3n) is 3.24. The first-order valence-corrected chi connectivity index (χ1v) is 7.15. The van der Waals surface area contributed by atoms with E-state index in [-0.39, 0.29) is 6.03 Å². The van der Waals surface area contributed by atoms with E-state index in [2.05, 4.69) is 10.3 Å². The molecule has 1 unspecified atom stereocenters. The lowest BCUT2D eigenvalue weighted by Gasteiger charge is -2.18. The van der Waals surface area contributed by atoms with E-state index in [9.17, 15) is 9.90 Å². The molecule has 2 N–H and O–H groups in total. The van der Waals surface area contributed by atoms with Gasteiger partial charge in [0.1, 0.15) is 5.52 Å². The first-order chi connectivity index (χ1) is 10.4. The third kappa shape index (κ3) is 3.88. The van der Waals surface area contributed by atoms with Crippen molar-refractivity contribution in [3.05, 3.63) is 18.2 Å². The molecular weight excluding hydrogens is 284 g/mol. The van der Waals surface area contributed by atoms with Crippen LogP contribution in [0.2, 0.25) is 0 Å². The molecule has 1 atom stereocenters. The Bertz CT molecular complexity index is 651. The standard InChI is InChI=1S/C15H22N4O3/c1-10(20)7-8-19(4)14(21)16-11-5-6-13-12(9-11)17-15(22-13)18(2)3/h5-6,9-10,20H,7-8H2,1-4H3,(H,16,21). The van der Waals surface area contributed by atoms with E-state index in [0.717, 1.165) is 0 Å². The van der Waals surface area contributed by atoms with E-state index in [1.165, 1.54) is 4.90 Å². The van der Waals surface area contributed by atoms with Crippen LogP contribution in [-0.4, -0.2) is 54.8 Å². The Morgan fingerprint density at radius 3 is 2.77 bits per heavy atom. The van der Waals surface area contributed by atoms with E-state index in [4.69, 9.17) is 4.42 Å². The number of amides is 2. The summed E-state index contributed by atoms with van der Waals surface area (Å²) >= 11 is 0. The zero-order valence-electron chi connectivity index (χ0n) is 13.3. The summed E-state index contributed by atoms with van der Waals surface area (Å²) in [4.78, 5) is 19.7. The highest BCUT2D eigenvalue weighted by Gasteiger charge is 2.12. The fourth-order valence-corrected chi connectivity index (χ4v) is 1.89. The van der Waals surface area contributed by atoms with Crippen LogP contribution in [0.3, 0.4) is 0 Å². The number of fused-ring (bicyclic) bond motifs is 1. The lowest BCUT2D eigenvalue weighted by molar-refractivity contribution is 0.167. The number of oxazole rings is 1. The average molecular weight is 306 g/mol. The summed E-state index contributed by atoms with van der Waals surface area (Å²) in [5.41, 5.74) is 2.01. The molecule has 2 amide bonds. The van der Waals surface area contributed by atoms with Crippen molar-refractivity contribution in [2.75, 3.05) is 37.9 Å². The summed E-state index contributed by atoms with van der Waals surface area (Å²) in [5.74, 6) is 0. The molecule has 0 saturated carbocycles. The van der Waals surface area contributed by atoms with Crippen LogP contribution in [0.5, 0.6) is 0 Å². The zero-order valence-corrected chi connectivity index (χ0v) is 13.3. The molecule has 0 spiro atoms. The predicted molar refractivity (Wildman–Crippen MR) is 86.3 cm³/mol. The van der Waals surface area contributed by atoms with Crippen LogP contribution >= 0.6 is 0 Å². The number of nitrogens with one attached hydrogen (secondary N) is 1. The van der Waals surface area contributed by atoms with Crippen LogP contribution in [0.15, 0.2) is 22.6 Å². The highest BCUT2D eigenvalue weighted by molar-refractivity contribution is 5.91. The van der Waals surface area contributed by atoms with Crippen molar-refractivity contribution in [2.24, 2.45) is 0 Å². The SMILES string of the molecule is CC(O)CCN(C)C(=O)Nc1ccc2oc(N(C)C)nc2c1. The van der Waals surface area contributed by atoms with Gasteiger partial charge in [0.05, 0.1) is 6.10 Å². The monoisotopic (exact) mass is 306 g/mol. The minimum atomic E-state index is -0.425. The first-order valence-electron chi connectivity index (χ1n) is 7.15. The second-order valence-electron chi connectivity index (χ2n) is 5.56. The number of carbonyl (C=O) groups excluding carboxylic acids is 1. The van der Waals surface area contributed by atoms with Crippen molar-refractivity contribution >= 4 is 28.8 Å². The maximum Gasteiger partial charge on any atom is 0.321 e. The fourth-order valence-electron chi connectivity index (χ4n) is 1.89. The quantitative estimate of drug-likeness (QED) is 0.884. The smallest absolute Gasteiger partial charge is 0.321 e. The van der Waals surface area contributed by atoms with Gasteiger partial charge in [-0.1, -0.05) is 0 Å². The Morgan fingerprint density at radius 2 is 2.14 bits per heavy atom. The molecule has 0 fully saturated rings. The number of nitrogens with zero attached hydrogens (tertiary/aromatic N) is 3. The molecule has 2 rings (SSSR count). The van der Waals surface area contributed by atoms with E-state index in [1.54, 1.807) is 37.1 Å². The van der Waals surface area contributed by atoms with Gasteiger partial charge < -0.3 is 24.6 Å². The molecule has 7 nitrogen and oxygen atoms in total. The van der Waals surface area contributed by atoms with Gasteiger partial charge in [-0.05, 0) is 31.5 Å². The molecule has 0 saturated heterocycles. The Hall–Kier alpha value is -2.28. The minimum Gasteiger partial charge on any atom is -0.423 e. The molecule has 1 aromatic heterocycles. The van der Waals surface area contributed by atoms with Gasteiger partial charge in [-0.25, -0.2) is 4.79 Å². The topological polar surface area (TPSA) is 81.8 Å². The summed E-state index contributed by atoms with van der Waals surface area (Å²) < 4.78 is 5.57. The molecule has 0 aliphatic rings. The van der Waals surface area contributed by atoms with Crippen LogP contribution in [0.25, 0.3) is 11.1 Å². The van der Waals surface area contributed by atoms with Crippen molar-refractivity contribution in [1.29, 1.82) is 0 Å². The van der Waals surface area contributed by atoms with Crippen molar-refractivity contribution in [1.82, 2.24) is 9.88 Å². The third-order valence-corrected chi connectivity index (χ3v) is 3.24. The Morgan fingerprint density at radius 1 is 1.41 bits per heavy atom. The maximum absolute atomic E-state index is 12.1. The normalized spacial score (nSPS) is 12.2. The molecule has 1 heterocycles. The Kier molecular flexibility index (Phi) is 4.87. The number of aromatic nitrogens is 1. The minimum absolute atomic E-state index is 0.226. The number of rotatable bonds is 5. The number of aliphatic hydroxyl groups excluding tert-OH is 1. The van der Waals surface area contributed by atoms with Gasteiger partial charge in [-0.3, -0.25) is 0 Å². The molecule has 2 aromatic rings. The number of anilines is 2. The largest absolute Gasteiger partial charge is 0.423 e. The van der Waals surface area contributed by atoms with Gasteiger partial charge >= 0.3 is 6.03 Å². The summed E-state index contributed by atoms with van der Waals surface area (Å²) in [6.45, 7) is 2.19. The molecule has 0 bridgehead atoms. The molecule has 0 radical (unpaired) electrons. The van der Waals surface area contributed by atoms with Crippen LogP contribution in [0, 0.1) is 0 Å². The van der Waals surface area contributed by atoms with Crippen LogP contribution in [0.1, 0.15) is 13.3 Å². The van der Waals surface area contributed by atoms with Crippen LogP contribution < -0.4 is 10.2 Å². The van der Waals surface area contributed by atoms with Crippen molar-refractivity contribution in [3.8, 4) is 0 Å². The van der Waals surface area contributed by atoms with Gasteiger partial charge in [0.15, 0.2) is 5.58 Å². The Balaban J connectivity index is 2.06. The highest BCUT2D eigenvalue weighted by Crippen LogP contribution is 2.23.